The molecule has 364 valence electrons. The molecule has 4 nitrogen and oxygen atoms in total. The molecule has 0 aliphatic rings. The maximum atomic E-state index is 4.87. The maximum absolute atomic E-state index is 4.87. The van der Waals surface area contributed by atoms with Crippen molar-refractivity contribution in [2.45, 2.75) is 61.3 Å². The quantitative estimate of drug-likeness (QED) is 0.112. The van der Waals surface area contributed by atoms with E-state index in [1.54, 1.807) is 6.20 Å². The minimum absolute atomic E-state index is 0. The van der Waals surface area contributed by atoms with E-state index in [-0.39, 0.29) is 45.6 Å². The number of pyridine rings is 3. The molecule has 7 aromatic carbocycles. The summed E-state index contributed by atoms with van der Waals surface area (Å²) in [6, 6.07) is 73.1. The van der Waals surface area contributed by atoms with Crippen LogP contribution in [0.4, 0.5) is 0 Å². The standard InChI is InChI=1S/C28H27N2.C21H20N.C17H12N.2Ir/c1-18-9-8-10-19(2)26(18)25-17-29-27-22-12-7-6-11-21(22)23-15-20(16-28(3,4)5)13-14-24(23)30(25)27;1-16(2)14-17-9-11-18(12-10-17)19-6-5-7-20(15-19)21-8-3-4-13-22-21;1-2-7-14(8-3-1)15-9-6-10-16(13-15)17-11-4-5-12-18-17;;/h6-11,13-15,17H,16H2,1-5H3;3-6,8-13,15-16H,14H2,1-2H3;1-9,11-13H;;/q3*-1;;. The molecule has 0 amide bonds. The van der Waals surface area contributed by atoms with Gasteiger partial charge in [0.15, 0.2) is 0 Å². The fraction of sp³-hybridized carbons (Fsp3) is 0.167. The van der Waals surface area contributed by atoms with E-state index in [2.05, 4.69) is 190 Å². The van der Waals surface area contributed by atoms with E-state index in [9.17, 15) is 0 Å². The van der Waals surface area contributed by atoms with E-state index in [0.29, 0.717) is 5.92 Å². The SMILES string of the molecule is CC(C)Cc1ccc(-c2cc[c-]c(-c3ccccn3)c2)cc1.Cc1cccc(C)c1-c1cnc2c3[c-]cccc3c3cc(CC(C)(C)C)ccc3n12.[Ir].[Ir].[c-]1ccc(-c2ccccc2)cc1-c1ccccn1. The molecular formula is C66H59Ir2N4-3. The van der Waals surface area contributed by atoms with Crippen molar-refractivity contribution in [2.24, 2.45) is 11.3 Å². The molecule has 0 bridgehead atoms. The van der Waals surface area contributed by atoms with E-state index < -0.39 is 0 Å². The second kappa shape index (κ2) is 24.2. The monoisotopic (exact) mass is 1290 g/mol. The molecule has 4 heterocycles. The molecule has 0 spiro atoms. The van der Waals surface area contributed by atoms with Crippen molar-refractivity contribution in [2.75, 3.05) is 0 Å². The van der Waals surface area contributed by atoms with Gasteiger partial charge < -0.3 is 14.4 Å². The molecule has 0 aliphatic carbocycles. The molecule has 4 aromatic heterocycles. The van der Waals surface area contributed by atoms with Gasteiger partial charge in [0.05, 0.1) is 11.3 Å². The van der Waals surface area contributed by atoms with E-state index in [1.807, 2.05) is 85.2 Å². The summed E-state index contributed by atoms with van der Waals surface area (Å²) < 4.78 is 2.32. The first kappa shape index (κ1) is 53.2. The number of hydrogen-bond acceptors (Lipinski definition) is 3. The Balaban J connectivity index is 0.000000162. The summed E-state index contributed by atoms with van der Waals surface area (Å²) in [6.45, 7) is 15.7. The zero-order valence-electron chi connectivity index (χ0n) is 42.0. The Bertz CT molecular complexity index is 3430. The molecule has 0 saturated carbocycles. The van der Waals surface area contributed by atoms with Gasteiger partial charge in [-0.15, -0.1) is 100 Å². The van der Waals surface area contributed by atoms with Gasteiger partial charge in [0, 0.05) is 69.9 Å². The van der Waals surface area contributed by atoms with Gasteiger partial charge in [0.2, 0.25) is 0 Å². The Labute approximate surface area is 453 Å². The molecule has 11 aromatic rings. The molecule has 0 atom stereocenters. The third-order valence-corrected chi connectivity index (χ3v) is 12.4. The number of rotatable bonds is 8. The van der Waals surface area contributed by atoms with Gasteiger partial charge in [-0.3, -0.25) is 4.98 Å². The first-order valence-corrected chi connectivity index (χ1v) is 24.3. The maximum Gasteiger partial charge on any atom is 0.0639 e. The third-order valence-electron chi connectivity index (χ3n) is 12.4. The zero-order valence-corrected chi connectivity index (χ0v) is 46.8. The number of aromatic nitrogens is 4. The molecular weight excluding hydrogens is 1230 g/mol. The fourth-order valence-electron chi connectivity index (χ4n) is 9.30. The van der Waals surface area contributed by atoms with E-state index >= 15 is 0 Å². The van der Waals surface area contributed by atoms with Gasteiger partial charge in [0.1, 0.15) is 0 Å². The summed E-state index contributed by atoms with van der Waals surface area (Å²) in [5.74, 6) is 0.688. The van der Waals surface area contributed by atoms with Crippen molar-refractivity contribution in [3.63, 3.8) is 0 Å². The number of hydrogen-bond donors (Lipinski definition) is 0. The number of aryl methyl sites for hydroxylation is 2. The van der Waals surface area contributed by atoms with Crippen molar-refractivity contribution < 1.29 is 40.2 Å². The summed E-state index contributed by atoms with van der Waals surface area (Å²) in [7, 11) is 0. The Morgan fingerprint density at radius 2 is 1.10 bits per heavy atom. The predicted octanol–water partition coefficient (Wildman–Crippen LogP) is 16.9. The van der Waals surface area contributed by atoms with E-state index in [1.165, 1.54) is 66.4 Å². The van der Waals surface area contributed by atoms with E-state index in [0.717, 1.165) is 52.1 Å². The van der Waals surface area contributed by atoms with Crippen molar-refractivity contribution in [3.8, 4) is 56.0 Å². The second-order valence-corrected chi connectivity index (χ2v) is 19.7. The summed E-state index contributed by atoms with van der Waals surface area (Å²) >= 11 is 0. The van der Waals surface area contributed by atoms with Crippen molar-refractivity contribution in [3.05, 3.63) is 241 Å². The van der Waals surface area contributed by atoms with Crippen LogP contribution in [0.2, 0.25) is 0 Å². The van der Waals surface area contributed by atoms with Crippen molar-refractivity contribution in [1.29, 1.82) is 0 Å². The molecule has 2 radical (unpaired) electrons. The number of benzene rings is 7. The summed E-state index contributed by atoms with van der Waals surface area (Å²) in [4.78, 5) is 13.6. The van der Waals surface area contributed by atoms with Gasteiger partial charge in [-0.25, -0.2) is 0 Å². The molecule has 72 heavy (non-hydrogen) atoms. The zero-order chi connectivity index (χ0) is 48.6. The van der Waals surface area contributed by atoms with Crippen LogP contribution in [-0.2, 0) is 53.1 Å². The van der Waals surface area contributed by atoms with E-state index in [4.69, 9.17) is 4.98 Å². The van der Waals surface area contributed by atoms with Gasteiger partial charge in [-0.1, -0.05) is 149 Å². The topological polar surface area (TPSA) is 43.1 Å². The van der Waals surface area contributed by atoms with Crippen LogP contribution in [0.3, 0.4) is 0 Å². The molecule has 0 N–H and O–H groups in total. The predicted molar refractivity (Wildman–Crippen MR) is 294 cm³/mol. The van der Waals surface area contributed by atoms with Crippen LogP contribution in [0, 0.1) is 43.4 Å². The molecule has 0 saturated heterocycles. The second-order valence-electron chi connectivity index (χ2n) is 19.7. The van der Waals surface area contributed by atoms with Gasteiger partial charge in [-0.2, -0.15) is 0 Å². The number of imidazole rings is 1. The largest absolute Gasteiger partial charge is 0.333 e. The molecule has 0 aliphatic heterocycles. The normalized spacial score (nSPS) is 11.0. The number of nitrogens with zero attached hydrogens (tertiary/aromatic N) is 4. The van der Waals surface area contributed by atoms with Crippen molar-refractivity contribution in [1.82, 2.24) is 19.4 Å². The Morgan fingerprint density at radius 1 is 0.514 bits per heavy atom. The fourth-order valence-corrected chi connectivity index (χ4v) is 9.30. The van der Waals surface area contributed by atoms with Crippen LogP contribution in [0.15, 0.2) is 201 Å². The molecule has 0 unspecified atom stereocenters. The van der Waals surface area contributed by atoms with Crippen LogP contribution in [-0.4, -0.2) is 19.4 Å². The number of fused-ring (bicyclic) bond motifs is 6. The Morgan fingerprint density at radius 3 is 1.67 bits per heavy atom. The smallest absolute Gasteiger partial charge is 0.0639 e. The average Bonchev–Trinajstić information content (AvgIpc) is 3.82. The third kappa shape index (κ3) is 12.7. The Kier molecular flexibility index (Phi) is 17.8. The molecule has 6 heteroatoms. The van der Waals surface area contributed by atoms with Crippen LogP contribution in [0.1, 0.15) is 56.9 Å². The van der Waals surface area contributed by atoms with Gasteiger partial charge in [-0.05, 0) is 106 Å². The first-order valence-electron chi connectivity index (χ1n) is 24.3. The van der Waals surface area contributed by atoms with Gasteiger partial charge >= 0.3 is 0 Å². The van der Waals surface area contributed by atoms with Crippen LogP contribution in [0.25, 0.3) is 83.3 Å². The minimum Gasteiger partial charge on any atom is -0.333 e. The average molecular weight is 1290 g/mol. The minimum atomic E-state index is 0. The first-order chi connectivity index (χ1) is 34.0. The van der Waals surface area contributed by atoms with Crippen molar-refractivity contribution >= 4 is 27.3 Å². The van der Waals surface area contributed by atoms with Gasteiger partial charge in [0.25, 0.3) is 0 Å². The molecule has 0 fully saturated rings. The van der Waals surface area contributed by atoms with Crippen LogP contribution >= 0.6 is 0 Å². The summed E-state index contributed by atoms with van der Waals surface area (Å²) in [5, 5.41) is 3.56. The Hall–Kier alpha value is -6.65. The van der Waals surface area contributed by atoms with Crippen LogP contribution in [0.5, 0.6) is 0 Å². The summed E-state index contributed by atoms with van der Waals surface area (Å²) in [6.07, 6.45) is 7.82. The molecule has 11 rings (SSSR count). The summed E-state index contributed by atoms with van der Waals surface area (Å²) in [5.41, 5.74) is 18.9. The van der Waals surface area contributed by atoms with Crippen LogP contribution < -0.4 is 0 Å².